The van der Waals surface area contributed by atoms with Gasteiger partial charge in [0.2, 0.25) is 5.91 Å². The molecule has 7 nitrogen and oxygen atoms in total. The van der Waals surface area contributed by atoms with Gasteiger partial charge in [-0.15, -0.1) is 11.3 Å². The van der Waals surface area contributed by atoms with Crippen LogP contribution in [0.4, 0.5) is 11.6 Å². The van der Waals surface area contributed by atoms with E-state index in [4.69, 9.17) is 9.97 Å². The number of aryl methyl sites for hydroxylation is 1. The van der Waals surface area contributed by atoms with Gasteiger partial charge in [0, 0.05) is 50.2 Å². The second kappa shape index (κ2) is 10.0. The lowest BCUT2D eigenvalue weighted by Crippen LogP contribution is -2.42. The zero-order chi connectivity index (χ0) is 23.5. The third kappa shape index (κ3) is 5.17. The maximum Gasteiger partial charge on any atom is 0.225 e. The minimum Gasteiger partial charge on any atom is -0.342 e. The van der Waals surface area contributed by atoms with E-state index in [1.165, 1.54) is 0 Å². The van der Waals surface area contributed by atoms with Crippen molar-refractivity contribution < 1.29 is 9.59 Å². The molecule has 0 aromatic carbocycles. The first-order chi connectivity index (χ1) is 16.5. The Morgan fingerprint density at radius 2 is 1.85 bits per heavy atom. The molecule has 1 aliphatic heterocycles. The lowest BCUT2D eigenvalue weighted by atomic mass is 9.81. The van der Waals surface area contributed by atoms with Crippen LogP contribution in [-0.2, 0) is 9.59 Å². The standard InChI is InChI=1S/C26H29N5O2S/c1-17-9-12-27-24(15-17)30-23-4-2-3-21(29-23)22-16-28-25(34-22)18-5-7-19(8-6-18)26(33)31-13-10-20(32)11-14-31/h2-4,9,12,15-16,18-19H,5-8,10-11,13-14H2,1H3,(H,27,29,30). The van der Waals surface area contributed by atoms with E-state index in [0.29, 0.717) is 31.8 Å². The van der Waals surface area contributed by atoms with Gasteiger partial charge in [-0.1, -0.05) is 6.07 Å². The van der Waals surface area contributed by atoms with E-state index in [0.717, 1.165) is 58.5 Å². The highest BCUT2D eigenvalue weighted by Crippen LogP contribution is 2.40. The number of rotatable bonds is 5. The predicted molar refractivity (Wildman–Crippen MR) is 133 cm³/mol. The molecule has 4 heterocycles. The highest BCUT2D eigenvalue weighted by Gasteiger charge is 2.32. The molecule has 1 aliphatic carbocycles. The molecule has 0 bridgehead atoms. The minimum absolute atomic E-state index is 0.0866. The average molecular weight is 476 g/mol. The molecule has 8 heteroatoms. The number of carbonyl (C=O) groups excluding carboxylic acids is 2. The summed E-state index contributed by atoms with van der Waals surface area (Å²) < 4.78 is 0. The average Bonchev–Trinajstić information content (AvgIpc) is 3.35. The van der Waals surface area contributed by atoms with Crippen LogP contribution in [0.25, 0.3) is 10.6 Å². The fraction of sp³-hybridized carbons (Fsp3) is 0.423. The maximum atomic E-state index is 12.9. The number of ketones is 1. The van der Waals surface area contributed by atoms with E-state index in [1.54, 1.807) is 17.5 Å². The summed E-state index contributed by atoms with van der Waals surface area (Å²) in [4.78, 5) is 41.1. The number of aromatic nitrogens is 3. The molecule has 34 heavy (non-hydrogen) atoms. The molecular weight excluding hydrogens is 446 g/mol. The summed E-state index contributed by atoms with van der Waals surface area (Å²) in [6.45, 7) is 3.22. The van der Waals surface area contributed by atoms with E-state index in [1.807, 2.05) is 48.4 Å². The fourth-order valence-electron chi connectivity index (χ4n) is 4.79. The van der Waals surface area contributed by atoms with Crippen molar-refractivity contribution in [1.82, 2.24) is 19.9 Å². The van der Waals surface area contributed by atoms with Crippen LogP contribution < -0.4 is 5.32 Å². The summed E-state index contributed by atoms with van der Waals surface area (Å²) in [5.41, 5.74) is 2.04. The van der Waals surface area contributed by atoms with Gasteiger partial charge in [-0.3, -0.25) is 9.59 Å². The molecule has 176 valence electrons. The lowest BCUT2D eigenvalue weighted by molar-refractivity contribution is -0.139. The molecule has 1 amide bonds. The van der Waals surface area contributed by atoms with Gasteiger partial charge >= 0.3 is 0 Å². The molecule has 0 radical (unpaired) electrons. The summed E-state index contributed by atoms with van der Waals surface area (Å²) in [6, 6.07) is 9.89. The van der Waals surface area contributed by atoms with Crippen molar-refractivity contribution in [3.63, 3.8) is 0 Å². The van der Waals surface area contributed by atoms with Gasteiger partial charge in [-0.05, 0) is 62.4 Å². The van der Waals surface area contributed by atoms with Crippen molar-refractivity contribution in [2.75, 3.05) is 18.4 Å². The Morgan fingerprint density at radius 1 is 1.06 bits per heavy atom. The van der Waals surface area contributed by atoms with Crippen LogP contribution >= 0.6 is 11.3 Å². The Hall–Kier alpha value is -3.13. The lowest BCUT2D eigenvalue weighted by Gasteiger charge is -2.33. The molecule has 1 N–H and O–H groups in total. The molecule has 0 spiro atoms. The highest BCUT2D eigenvalue weighted by atomic mass is 32.1. The van der Waals surface area contributed by atoms with Gasteiger partial charge in [0.15, 0.2) is 0 Å². The smallest absolute Gasteiger partial charge is 0.225 e. The Bertz CT molecular complexity index is 1180. The molecule has 3 aromatic heterocycles. The summed E-state index contributed by atoms with van der Waals surface area (Å²) in [6.07, 6.45) is 8.46. The summed E-state index contributed by atoms with van der Waals surface area (Å²) in [7, 11) is 0. The van der Waals surface area contributed by atoms with Crippen molar-refractivity contribution in [1.29, 1.82) is 0 Å². The zero-order valence-electron chi connectivity index (χ0n) is 19.4. The number of hydrogen-bond donors (Lipinski definition) is 1. The second-order valence-electron chi connectivity index (χ2n) is 9.23. The van der Waals surface area contributed by atoms with Crippen molar-refractivity contribution in [3.8, 4) is 10.6 Å². The van der Waals surface area contributed by atoms with E-state index >= 15 is 0 Å². The molecule has 5 rings (SSSR count). The molecule has 2 aliphatic rings. The highest BCUT2D eigenvalue weighted by molar-refractivity contribution is 7.15. The van der Waals surface area contributed by atoms with Gasteiger partial charge in [-0.25, -0.2) is 15.0 Å². The van der Waals surface area contributed by atoms with Crippen LogP contribution in [0.2, 0.25) is 0 Å². The Balaban J connectivity index is 1.20. The normalized spacial score (nSPS) is 20.9. The third-order valence-corrected chi connectivity index (χ3v) is 7.94. The molecule has 2 fully saturated rings. The van der Waals surface area contributed by atoms with Crippen molar-refractivity contribution >= 4 is 34.7 Å². The van der Waals surface area contributed by atoms with Crippen LogP contribution in [0.1, 0.15) is 55.0 Å². The third-order valence-electron chi connectivity index (χ3n) is 6.76. The van der Waals surface area contributed by atoms with E-state index < -0.39 is 0 Å². The Labute approximate surface area is 203 Å². The largest absolute Gasteiger partial charge is 0.342 e. The predicted octanol–water partition coefficient (Wildman–Crippen LogP) is 5.12. The van der Waals surface area contributed by atoms with Crippen LogP contribution in [0.5, 0.6) is 0 Å². The van der Waals surface area contributed by atoms with Crippen LogP contribution in [0.3, 0.4) is 0 Å². The Morgan fingerprint density at radius 3 is 2.62 bits per heavy atom. The van der Waals surface area contributed by atoms with Crippen LogP contribution in [0.15, 0.2) is 42.7 Å². The van der Waals surface area contributed by atoms with Gasteiger partial charge in [-0.2, -0.15) is 0 Å². The first kappa shape index (κ1) is 22.7. The van der Waals surface area contributed by atoms with Gasteiger partial charge in [0.05, 0.1) is 15.6 Å². The number of piperidine rings is 1. The number of hydrogen-bond acceptors (Lipinski definition) is 7. The molecular formula is C26H29N5O2S. The van der Waals surface area contributed by atoms with Crippen LogP contribution in [0, 0.1) is 12.8 Å². The summed E-state index contributed by atoms with van der Waals surface area (Å²) in [5, 5.41) is 4.41. The van der Waals surface area contributed by atoms with E-state index in [9.17, 15) is 9.59 Å². The number of amides is 1. The van der Waals surface area contributed by atoms with Gasteiger partial charge < -0.3 is 10.2 Å². The summed E-state index contributed by atoms with van der Waals surface area (Å²) in [5.74, 6) is 2.52. The second-order valence-corrected chi connectivity index (χ2v) is 10.3. The SMILES string of the molecule is Cc1ccnc(Nc2cccc(-c3cnc(C4CCC(C(=O)N5CCC(=O)CC5)CC4)s3)n2)c1. The number of pyridine rings is 2. The molecule has 1 saturated carbocycles. The number of thiazole rings is 1. The number of Topliss-reactive ketones (excluding diaryl/α,β-unsaturated/α-hetero) is 1. The maximum absolute atomic E-state index is 12.9. The molecule has 0 unspecified atom stereocenters. The van der Waals surface area contributed by atoms with Gasteiger partial charge in [0.1, 0.15) is 17.4 Å². The monoisotopic (exact) mass is 475 g/mol. The van der Waals surface area contributed by atoms with Crippen molar-refractivity contribution in [3.05, 3.63) is 53.3 Å². The topological polar surface area (TPSA) is 88.1 Å². The molecule has 3 aromatic rings. The van der Waals surface area contributed by atoms with Crippen molar-refractivity contribution in [2.45, 2.75) is 51.4 Å². The number of carbonyl (C=O) groups is 2. The zero-order valence-corrected chi connectivity index (χ0v) is 20.2. The number of likely N-dealkylation sites (tertiary alicyclic amines) is 1. The first-order valence-corrected chi connectivity index (χ1v) is 12.8. The first-order valence-electron chi connectivity index (χ1n) is 12.0. The molecule has 0 atom stereocenters. The van der Waals surface area contributed by atoms with Gasteiger partial charge in [0.25, 0.3) is 0 Å². The number of anilines is 2. The quantitative estimate of drug-likeness (QED) is 0.551. The molecule has 1 saturated heterocycles. The number of nitrogens with zero attached hydrogens (tertiary/aromatic N) is 4. The van der Waals surface area contributed by atoms with E-state index in [2.05, 4.69) is 10.3 Å². The van der Waals surface area contributed by atoms with E-state index in [-0.39, 0.29) is 17.6 Å². The minimum atomic E-state index is 0.0866. The number of nitrogens with one attached hydrogen (secondary N) is 1. The Kier molecular flexibility index (Phi) is 6.67. The van der Waals surface area contributed by atoms with Crippen molar-refractivity contribution in [2.24, 2.45) is 5.92 Å². The fourth-order valence-corrected chi connectivity index (χ4v) is 5.85. The summed E-state index contributed by atoms with van der Waals surface area (Å²) >= 11 is 1.70. The van der Waals surface area contributed by atoms with Crippen LogP contribution in [-0.4, -0.2) is 44.6 Å².